The van der Waals surface area contributed by atoms with E-state index in [4.69, 9.17) is 20.1 Å². The lowest BCUT2D eigenvalue weighted by Crippen LogP contribution is -2.59. The van der Waals surface area contributed by atoms with E-state index >= 15 is 0 Å². The van der Waals surface area contributed by atoms with Gasteiger partial charge in [0.25, 0.3) is 0 Å². The summed E-state index contributed by atoms with van der Waals surface area (Å²) in [5.74, 6) is -1.26. The first-order valence-corrected chi connectivity index (χ1v) is 5.22. The molecule has 0 saturated carbocycles. The van der Waals surface area contributed by atoms with Gasteiger partial charge < -0.3 is 40.1 Å². The van der Waals surface area contributed by atoms with Gasteiger partial charge in [0.05, 0.1) is 13.2 Å². The highest BCUT2D eigenvalue weighted by molar-refractivity contribution is 5.74. The van der Waals surface area contributed by atoms with Crippen molar-refractivity contribution < 1.29 is 44.9 Å². The number of carbonyl (C=O) groups is 1. The molecule has 1 aliphatic heterocycles. The summed E-state index contributed by atoms with van der Waals surface area (Å²) in [6, 6.07) is 0. The Balaban J connectivity index is 2.67. The minimum atomic E-state index is -1.81. The lowest BCUT2D eigenvalue weighted by Gasteiger charge is -2.39. The molecule has 0 aromatic rings. The zero-order chi connectivity index (χ0) is 13.9. The number of aliphatic hydroxyl groups excluding tert-OH is 6. The zero-order valence-electron chi connectivity index (χ0n) is 9.29. The van der Waals surface area contributed by atoms with Crippen LogP contribution < -0.4 is 0 Å². The van der Waals surface area contributed by atoms with E-state index in [1.165, 1.54) is 0 Å². The number of hydrogen-bond donors (Lipinski definition) is 6. The summed E-state index contributed by atoms with van der Waals surface area (Å²) >= 11 is 0. The maximum Gasteiger partial charge on any atom is 0.339 e. The summed E-state index contributed by atoms with van der Waals surface area (Å²) in [6.45, 7) is -1.54. The Morgan fingerprint density at radius 2 is 1.78 bits per heavy atom. The number of rotatable bonds is 4. The quantitative estimate of drug-likeness (QED) is 0.277. The predicted molar refractivity (Wildman–Crippen MR) is 53.0 cm³/mol. The van der Waals surface area contributed by atoms with Crippen LogP contribution in [0.4, 0.5) is 0 Å². The molecule has 6 atom stereocenters. The first kappa shape index (κ1) is 15.2. The molecule has 1 saturated heterocycles. The van der Waals surface area contributed by atoms with Crippen molar-refractivity contribution in [2.45, 2.75) is 36.8 Å². The summed E-state index contributed by atoms with van der Waals surface area (Å²) in [4.78, 5) is 11.1. The number of aliphatic hydroxyl groups is 6. The molecule has 0 aromatic carbocycles. The van der Waals surface area contributed by atoms with Gasteiger partial charge in [-0.05, 0) is 0 Å². The molecule has 1 fully saturated rings. The van der Waals surface area contributed by atoms with Crippen LogP contribution in [-0.4, -0.2) is 86.6 Å². The van der Waals surface area contributed by atoms with Crippen molar-refractivity contribution >= 4 is 5.97 Å². The lowest BCUT2D eigenvalue weighted by atomic mass is 9.99. The van der Waals surface area contributed by atoms with Gasteiger partial charge in [0.1, 0.15) is 24.4 Å². The third-order valence-corrected chi connectivity index (χ3v) is 2.53. The average molecular weight is 268 g/mol. The summed E-state index contributed by atoms with van der Waals surface area (Å²) in [6.07, 6.45) is -9.67. The maximum absolute atomic E-state index is 11.1. The average Bonchev–Trinajstić information content (AvgIpc) is 2.38. The predicted octanol–water partition coefficient (Wildman–Crippen LogP) is -4.32. The van der Waals surface area contributed by atoms with Gasteiger partial charge in [-0.2, -0.15) is 0 Å². The molecule has 0 amide bonds. The molecule has 6 N–H and O–H groups in total. The fourth-order valence-corrected chi connectivity index (χ4v) is 1.43. The molecule has 9 heteroatoms. The van der Waals surface area contributed by atoms with Gasteiger partial charge in [0, 0.05) is 0 Å². The normalized spacial score (nSPS) is 38.2. The molecular weight excluding hydrogens is 252 g/mol. The third kappa shape index (κ3) is 3.14. The Kier molecular flexibility index (Phi) is 5.41. The second-order valence-corrected chi connectivity index (χ2v) is 3.83. The molecule has 0 aromatic heterocycles. The van der Waals surface area contributed by atoms with Gasteiger partial charge in [-0.1, -0.05) is 0 Å². The first-order chi connectivity index (χ1) is 8.42. The minimum Gasteiger partial charge on any atom is -0.431 e. The van der Waals surface area contributed by atoms with Gasteiger partial charge in [0.2, 0.25) is 6.29 Å². The van der Waals surface area contributed by atoms with Crippen LogP contribution in [0, 0.1) is 0 Å². The van der Waals surface area contributed by atoms with Crippen molar-refractivity contribution in [1.29, 1.82) is 0 Å². The van der Waals surface area contributed by atoms with Crippen LogP contribution in [0.15, 0.2) is 0 Å². The molecule has 0 spiro atoms. The van der Waals surface area contributed by atoms with E-state index in [1.54, 1.807) is 0 Å². The van der Waals surface area contributed by atoms with Gasteiger partial charge in [-0.3, -0.25) is 0 Å². The Bertz CT molecular complexity index is 281. The van der Waals surface area contributed by atoms with Crippen LogP contribution in [0.2, 0.25) is 0 Å². The van der Waals surface area contributed by atoms with E-state index in [2.05, 4.69) is 4.74 Å². The Morgan fingerprint density at radius 3 is 2.28 bits per heavy atom. The fraction of sp³-hybridized carbons (Fsp3) is 0.889. The van der Waals surface area contributed by atoms with Gasteiger partial charge in [-0.15, -0.1) is 0 Å². The molecule has 0 radical (unpaired) electrons. The monoisotopic (exact) mass is 268 g/mol. The SMILES string of the molecule is O=C(OC1OC(CO)C(O)C(O)C1O)C(O)CO. The van der Waals surface area contributed by atoms with Crippen molar-refractivity contribution in [3.8, 4) is 0 Å². The summed E-state index contributed by atoms with van der Waals surface area (Å²) < 4.78 is 9.35. The van der Waals surface area contributed by atoms with Gasteiger partial charge >= 0.3 is 5.97 Å². The number of esters is 1. The molecule has 0 bridgehead atoms. The number of carbonyl (C=O) groups excluding carboxylic acids is 1. The van der Waals surface area contributed by atoms with Crippen molar-refractivity contribution in [3.63, 3.8) is 0 Å². The third-order valence-electron chi connectivity index (χ3n) is 2.53. The highest BCUT2D eigenvalue weighted by atomic mass is 16.7. The molecule has 9 nitrogen and oxygen atoms in total. The highest BCUT2D eigenvalue weighted by Crippen LogP contribution is 2.22. The topological polar surface area (TPSA) is 157 Å². The van der Waals surface area contributed by atoms with Crippen LogP contribution in [0.25, 0.3) is 0 Å². The Hall–Kier alpha value is -0.810. The molecule has 6 unspecified atom stereocenters. The largest absolute Gasteiger partial charge is 0.431 e. The summed E-state index contributed by atoms with van der Waals surface area (Å²) in [7, 11) is 0. The van der Waals surface area contributed by atoms with E-state index in [0.29, 0.717) is 0 Å². The van der Waals surface area contributed by atoms with Crippen LogP contribution in [0.5, 0.6) is 0 Å². The van der Waals surface area contributed by atoms with Crippen LogP contribution >= 0.6 is 0 Å². The van der Waals surface area contributed by atoms with E-state index in [-0.39, 0.29) is 0 Å². The molecule has 106 valence electrons. The molecular formula is C9H16O9. The Labute approximate surface area is 102 Å². The van der Waals surface area contributed by atoms with Gasteiger partial charge in [-0.25, -0.2) is 4.79 Å². The van der Waals surface area contributed by atoms with Crippen molar-refractivity contribution in [1.82, 2.24) is 0 Å². The molecule has 1 rings (SSSR count). The summed E-state index contributed by atoms with van der Waals surface area (Å²) in [5.41, 5.74) is 0. The van der Waals surface area contributed by atoms with E-state index in [9.17, 15) is 20.1 Å². The van der Waals surface area contributed by atoms with Gasteiger partial charge in [0.15, 0.2) is 6.10 Å². The number of ether oxygens (including phenoxy) is 2. The van der Waals surface area contributed by atoms with Crippen molar-refractivity contribution in [2.24, 2.45) is 0 Å². The maximum atomic E-state index is 11.1. The standard InChI is InChI=1S/C9H16O9/c10-1-3(12)8(16)18-9-7(15)6(14)5(13)4(2-11)17-9/h3-7,9-15H,1-2H2. The fourth-order valence-electron chi connectivity index (χ4n) is 1.43. The summed E-state index contributed by atoms with van der Waals surface area (Å²) in [5, 5.41) is 54.6. The minimum absolute atomic E-state index is 0.665. The molecule has 18 heavy (non-hydrogen) atoms. The smallest absolute Gasteiger partial charge is 0.339 e. The second-order valence-electron chi connectivity index (χ2n) is 3.83. The van der Waals surface area contributed by atoms with Crippen LogP contribution in [0.3, 0.4) is 0 Å². The van der Waals surface area contributed by atoms with E-state index < -0.39 is 56.0 Å². The van der Waals surface area contributed by atoms with Crippen molar-refractivity contribution in [3.05, 3.63) is 0 Å². The molecule has 1 heterocycles. The van der Waals surface area contributed by atoms with Crippen LogP contribution in [0.1, 0.15) is 0 Å². The second kappa shape index (κ2) is 6.38. The van der Waals surface area contributed by atoms with E-state index in [1.807, 2.05) is 0 Å². The molecule has 0 aliphatic carbocycles. The first-order valence-electron chi connectivity index (χ1n) is 5.22. The van der Waals surface area contributed by atoms with E-state index in [0.717, 1.165) is 0 Å². The Morgan fingerprint density at radius 1 is 1.17 bits per heavy atom. The lowest BCUT2D eigenvalue weighted by molar-refractivity contribution is -0.294. The zero-order valence-corrected chi connectivity index (χ0v) is 9.29. The number of hydrogen-bond acceptors (Lipinski definition) is 9. The van der Waals surface area contributed by atoms with Crippen LogP contribution in [-0.2, 0) is 14.3 Å². The molecule has 1 aliphatic rings. The highest BCUT2D eigenvalue weighted by Gasteiger charge is 2.45. The van der Waals surface area contributed by atoms with Crippen molar-refractivity contribution in [2.75, 3.05) is 13.2 Å².